The molecule has 3 N–H and O–H groups in total. The predicted octanol–water partition coefficient (Wildman–Crippen LogP) is -0.105. The number of nitriles is 1. The second-order valence-electron chi connectivity index (χ2n) is 2.55. The molecule has 0 aliphatic rings. The van der Waals surface area contributed by atoms with Crippen LogP contribution in [0.25, 0.3) is 0 Å². The van der Waals surface area contributed by atoms with E-state index in [0.29, 0.717) is 12.8 Å². The van der Waals surface area contributed by atoms with Crippen LogP contribution in [0.5, 0.6) is 0 Å². The second kappa shape index (κ2) is 5.09. The minimum atomic E-state index is -3.87. The van der Waals surface area contributed by atoms with E-state index in [1.54, 1.807) is 0 Å². The maximum Gasteiger partial charge on any atom is 0.264 e. The van der Waals surface area contributed by atoms with E-state index in [1.807, 2.05) is 6.07 Å². The van der Waals surface area contributed by atoms with Crippen LogP contribution in [-0.4, -0.2) is 24.8 Å². The van der Waals surface area contributed by atoms with Gasteiger partial charge in [-0.25, -0.2) is 0 Å². The van der Waals surface area contributed by atoms with Gasteiger partial charge in [-0.15, -0.1) is 0 Å². The minimum Gasteiger partial charge on any atom is -0.327 e. The predicted molar refractivity (Wildman–Crippen MR) is 43.9 cm³/mol. The van der Waals surface area contributed by atoms with E-state index < -0.39 is 10.1 Å². The molecule has 0 radical (unpaired) electrons. The summed E-state index contributed by atoms with van der Waals surface area (Å²) in [6.07, 6.45) is 0.945. The SMILES string of the molecule is N#CCC(N)CCCS(=O)(=O)O. The Morgan fingerprint density at radius 3 is 2.58 bits per heavy atom. The van der Waals surface area contributed by atoms with Gasteiger partial charge in [0.1, 0.15) is 0 Å². The Morgan fingerprint density at radius 1 is 1.58 bits per heavy atom. The summed E-state index contributed by atoms with van der Waals surface area (Å²) in [6, 6.07) is 1.58. The van der Waals surface area contributed by atoms with E-state index in [0.717, 1.165) is 0 Å². The quantitative estimate of drug-likeness (QED) is 0.591. The van der Waals surface area contributed by atoms with Crippen molar-refractivity contribution in [2.24, 2.45) is 5.73 Å². The second-order valence-corrected chi connectivity index (χ2v) is 4.12. The first-order chi connectivity index (χ1) is 5.45. The molecule has 12 heavy (non-hydrogen) atoms. The van der Waals surface area contributed by atoms with Gasteiger partial charge in [0, 0.05) is 6.04 Å². The van der Waals surface area contributed by atoms with Gasteiger partial charge in [0.2, 0.25) is 0 Å². The lowest BCUT2D eigenvalue weighted by Crippen LogP contribution is -2.20. The standard InChI is InChI=1S/C6H12N2O3S/c7-4-3-6(8)2-1-5-12(9,10)11/h6H,1-3,5,8H2,(H,9,10,11). The molecule has 0 aliphatic carbocycles. The van der Waals surface area contributed by atoms with Gasteiger partial charge in [0.05, 0.1) is 18.2 Å². The highest BCUT2D eigenvalue weighted by molar-refractivity contribution is 7.85. The molecule has 0 spiro atoms. The first-order valence-electron chi connectivity index (χ1n) is 3.53. The summed E-state index contributed by atoms with van der Waals surface area (Å²) in [5.41, 5.74) is 5.41. The molecule has 6 heteroatoms. The molecule has 0 saturated heterocycles. The molecule has 0 saturated carbocycles. The Labute approximate surface area is 71.9 Å². The maximum absolute atomic E-state index is 10.2. The molecule has 0 aromatic heterocycles. The van der Waals surface area contributed by atoms with E-state index >= 15 is 0 Å². The van der Waals surface area contributed by atoms with Crippen LogP contribution in [0.3, 0.4) is 0 Å². The molecule has 0 fully saturated rings. The highest BCUT2D eigenvalue weighted by atomic mass is 32.2. The van der Waals surface area contributed by atoms with Crippen molar-refractivity contribution in [2.45, 2.75) is 25.3 Å². The van der Waals surface area contributed by atoms with Crippen molar-refractivity contribution >= 4 is 10.1 Å². The molecule has 0 aromatic carbocycles. The minimum absolute atomic E-state index is 0.214. The van der Waals surface area contributed by atoms with Gasteiger partial charge in [-0.2, -0.15) is 13.7 Å². The number of nitrogens with zero attached hydrogens (tertiary/aromatic N) is 1. The lowest BCUT2D eigenvalue weighted by atomic mass is 10.1. The van der Waals surface area contributed by atoms with Gasteiger partial charge in [-0.05, 0) is 12.8 Å². The van der Waals surface area contributed by atoms with Crippen molar-refractivity contribution in [1.82, 2.24) is 0 Å². The zero-order valence-electron chi connectivity index (χ0n) is 6.60. The Kier molecular flexibility index (Phi) is 4.81. The van der Waals surface area contributed by atoms with Crippen LogP contribution in [0.4, 0.5) is 0 Å². The average molecular weight is 192 g/mol. The summed E-state index contributed by atoms with van der Waals surface area (Å²) in [5, 5.41) is 8.20. The van der Waals surface area contributed by atoms with Gasteiger partial charge in [-0.3, -0.25) is 4.55 Å². The molecule has 0 aromatic rings. The summed E-state index contributed by atoms with van der Waals surface area (Å²) in [7, 11) is -3.87. The van der Waals surface area contributed by atoms with Crippen LogP contribution in [0.15, 0.2) is 0 Å². The van der Waals surface area contributed by atoms with E-state index in [4.69, 9.17) is 15.5 Å². The number of hydrogen-bond acceptors (Lipinski definition) is 4. The summed E-state index contributed by atoms with van der Waals surface area (Å²) in [5.74, 6) is -0.286. The average Bonchev–Trinajstić information content (AvgIpc) is 1.84. The van der Waals surface area contributed by atoms with Gasteiger partial charge in [0.15, 0.2) is 0 Å². The third-order valence-corrected chi connectivity index (χ3v) is 2.14. The van der Waals surface area contributed by atoms with E-state index in [1.165, 1.54) is 0 Å². The largest absolute Gasteiger partial charge is 0.327 e. The Balaban J connectivity index is 3.52. The van der Waals surface area contributed by atoms with Crippen LogP contribution in [0.2, 0.25) is 0 Å². The number of hydrogen-bond donors (Lipinski definition) is 2. The molecule has 0 rings (SSSR count). The van der Waals surface area contributed by atoms with Crippen LogP contribution >= 0.6 is 0 Å². The van der Waals surface area contributed by atoms with Crippen molar-refractivity contribution in [2.75, 3.05) is 5.75 Å². The van der Waals surface area contributed by atoms with Crippen LogP contribution in [-0.2, 0) is 10.1 Å². The molecule has 0 amide bonds. The van der Waals surface area contributed by atoms with Crippen LogP contribution in [0.1, 0.15) is 19.3 Å². The smallest absolute Gasteiger partial charge is 0.264 e. The van der Waals surface area contributed by atoms with E-state index in [-0.39, 0.29) is 18.2 Å². The molecule has 70 valence electrons. The highest BCUT2D eigenvalue weighted by Gasteiger charge is 2.06. The normalized spacial score (nSPS) is 13.8. The third-order valence-electron chi connectivity index (χ3n) is 1.33. The number of nitrogens with two attached hydrogens (primary N) is 1. The van der Waals surface area contributed by atoms with Gasteiger partial charge >= 0.3 is 0 Å². The van der Waals surface area contributed by atoms with E-state index in [2.05, 4.69) is 0 Å². The van der Waals surface area contributed by atoms with Crippen LogP contribution < -0.4 is 5.73 Å². The molecule has 0 heterocycles. The zero-order chi connectivity index (χ0) is 9.61. The first-order valence-corrected chi connectivity index (χ1v) is 5.14. The molecular weight excluding hydrogens is 180 g/mol. The first kappa shape index (κ1) is 11.4. The summed E-state index contributed by atoms with van der Waals surface area (Å²) < 4.78 is 28.8. The fourth-order valence-electron chi connectivity index (χ4n) is 0.747. The highest BCUT2D eigenvalue weighted by Crippen LogP contribution is 2.00. The van der Waals surface area contributed by atoms with Gasteiger partial charge < -0.3 is 5.73 Å². The Bertz CT molecular complexity index is 254. The monoisotopic (exact) mass is 192 g/mol. The molecule has 1 unspecified atom stereocenters. The molecule has 0 aliphatic heterocycles. The summed E-state index contributed by atoms with van der Waals surface area (Å²) in [4.78, 5) is 0. The molecule has 5 nitrogen and oxygen atoms in total. The lowest BCUT2D eigenvalue weighted by Gasteiger charge is -2.04. The fraction of sp³-hybridized carbons (Fsp3) is 0.833. The van der Waals surface area contributed by atoms with Gasteiger partial charge in [-0.1, -0.05) is 0 Å². The third kappa shape index (κ3) is 7.47. The summed E-state index contributed by atoms with van der Waals surface area (Å²) in [6.45, 7) is 0. The van der Waals surface area contributed by atoms with Gasteiger partial charge in [0.25, 0.3) is 10.1 Å². The molecular formula is C6H12N2O3S. The molecule has 1 atom stereocenters. The van der Waals surface area contributed by atoms with Crippen molar-refractivity contribution < 1.29 is 13.0 Å². The lowest BCUT2D eigenvalue weighted by molar-refractivity contribution is 0.477. The van der Waals surface area contributed by atoms with Crippen LogP contribution in [0, 0.1) is 11.3 Å². The van der Waals surface area contributed by atoms with Crippen molar-refractivity contribution in [1.29, 1.82) is 5.26 Å². The maximum atomic E-state index is 10.2. The Morgan fingerprint density at radius 2 is 2.17 bits per heavy atom. The van der Waals surface area contributed by atoms with Crippen molar-refractivity contribution in [3.8, 4) is 6.07 Å². The Hall–Kier alpha value is -0.640. The number of rotatable bonds is 5. The van der Waals surface area contributed by atoms with Crippen molar-refractivity contribution in [3.63, 3.8) is 0 Å². The van der Waals surface area contributed by atoms with Crippen molar-refractivity contribution in [3.05, 3.63) is 0 Å². The topological polar surface area (TPSA) is 104 Å². The summed E-state index contributed by atoms with van der Waals surface area (Å²) >= 11 is 0. The fourth-order valence-corrected chi connectivity index (χ4v) is 1.28. The van der Waals surface area contributed by atoms with E-state index in [9.17, 15) is 8.42 Å². The zero-order valence-corrected chi connectivity index (χ0v) is 7.42. The molecule has 0 bridgehead atoms.